The van der Waals surface area contributed by atoms with Gasteiger partial charge in [0.25, 0.3) is 5.89 Å². The highest BCUT2D eigenvalue weighted by Crippen LogP contribution is 2.45. The predicted octanol–water partition coefficient (Wildman–Crippen LogP) is 2.21. The standard InChI is InChI=1S/C16H19N5O2/c1-10-18-14(23-21-10)16(6-7-16)20-15(22)19-13(11-4-5-11)12-3-2-8-17-9-12/h2-3,8-9,11,13H,4-7H2,1H3,(H2,19,20,22). The predicted molar refractivity (Wildman–Crippen MR) is 81.3 cm³/mol. The lowest BCUT2D eigenvalue weighted by Gasteiger charge is -2.21. The third-order valence-corrected chi connectivity index (χ3v) is 4.46. The zero-order valence-electron chi connectivity index (χ0n) is 13.0. The van der Waals surface area contributed by atoms with Crippen LogP contribution < -0.4 is 10.6 Å². The zero-order chi connectivity index (χ0) is 15.9. The Morgan fingerprint density at radius 2 is 2.26 bits per heavy atom. The molecule has 7 heteroatoms. The van der Waals surface area contributed by atoms with Crippen molar-refractivity contribution in [3.8, 4) is 0 Å². The van der Waals surface area contributed by atoms with Gasteiger partial charge in [-0.2, -0.15) is 4.98 Å². The highest BCUT2D eigenvalue weighted by molar-refractivity contribution is 5.76. The molecule has 120 valence electrons. The van der Waals surface area contributed by atoms with Gasteiger partial charge in [0.15, 0.2) is 5.82 Å². The third-order valence-electron chi connectivity index (χ3n) is 4.46. The van der Waals surface area contributed by atoms with Gasteiger partial charge in [-0.3, -0.25) is 4.98 Å². The van der Waals surface area contributed by atoms with E-state index in [0.29, 0.717) is 17.6 Å². The van der Waals surface area contributed by atoms with E-state index >= 15 is 0 Å². The highest BCUT2D eigenvalue weighted by atomic mass is 16.5. The minimum absolute atomic E-state index is 0.00363. The molecule has 2 aliphatic carbocycles. The van der Waals surface area contributed by atoms with Crippen LogP contribution in [0.3, 0.4) is 0 Å². The molecule has 0 bridgehead atoms. The van der Waals surface area contributed by atoms with E-state index in [1.165, 1.54) is 0 Å². The summed E-state index contributed by atoms with van der Waals surface area (Å²) >= 11 is 0. The molecule has 2 aliphatic rings. The fraction of sp³-hybridized carbons (Fsp3) is 0.500. The van der Waals surface area contributed by atoms with E-state index in [2.05, 4.69) is 25.8 Å². The number of aryl methyl sites for hydroxylation is 1. The van der Waals surface area contributed by atoms with Crippen LogP contribution in [0.4, 0.5) is 4.79 Å². The Balaban J connectivity index is 1.45. The molecule has 0 aliphatic heterocycles. The van der Waals surface area contributed by atoms with Crippen molar-refractivity contribution in [3.63, 3.8) is 0 Å². The van der Waals surface area contributed by atoms with Crippen LogP contribution in [0.1, 0.15) is 49.0 Å². The van der Waals surface area contributed by atoms with Crippen LogP contribution in [-0.4, -0.2) is 21.2 Å². The maximum Gasteiger partial charge on any atom is 0.316 e. The number of urea groups is 1. The van der Waals surface area contributed by atoms with Gasteiger partial charge in [0.1, 0.15) is 5.54 Å². The van der Waals surface area contributed by atoms with Crippen LogP contribution in [0.5, 0.6) is 0 Å². The molecule has 0 saturated heterocycles. The van der Waals surface area contributed by atoms with Crippen molar-refractivity contribution in [2.45, 2.75) is 44.2 Å². The van der Waals surface area contributed by atoms with Crippen molar-refractivity contribution in [3.05, 3.63) is 41.8 Å². The second-order valence-corrected chi connectivity index (χ2v) is 6.43. The second kappa shape index (κ2) is 5.33. The van der Waals surface area contributed by atoms with E-state index in [0.717, 1.165) is 31.2 Å². The Hall–Kier alpha value is -2.44. The smallest absolute Gasteiger partial charge is 0.316 e. The number of pyridine rings is 1. The minimum Gasteiger partial charge on any atom is -0.337 e. The van der Waals surface area contributed by atoms with Crippen LogP contribution in [0.2, 0.25) is 0 Å². The molecule has 2 N–H and O–H groups in total. The molecule has 0 aromatic carbocycles. The number of hydrogen-bond donors (Lipinski definition) is 2. The number of carbonyl (C=O) groups excluding carboxylic acids is 1. The number of nitrogens with one attached hydrogen (secondary N) is 2. The lowest BCUT2D eigenvalue weighted by Crippen LogP contribution is -2.44. The van der Waals surface area contributed by atoms with Crippen LogP contribution in [0.15, 0.2) is 29.0 Å². The van der Waals surface area contributed by atoms with Gasteiger partial charge < -0.3 is 15.2 Å². The maximum absolute atomic E-state index is 12.5. The van der Waals surface area contributed by atoms with Crippen molar-refractivity contribution in [2.75, 3.05) is 0 Å². The number of nitrogens with zero attached hydrogens (tertiary/aromatic N) is 3. The summed E-state index contributed by atoms with van der Waals surface area (Å²) < 4.78 is 5.23. The van der Waals surface area contributed by atoms with Crippen LogP contribution >= 0.6 is 0 Å². The normalized spacial score (nSPS) is 19.9. The van der Waals surface area contributed by atoms with E-state index in [9.17, 15) is 4.79 Å². The SMILES string of the molecule is Cc1noc(C2(NC(=O)NC(c3cccnc3)C3CC3)CC2)n1. The van der Waals surface area contributed by atoms with Crippen molar-refractivity contribution < 1.29 is 9.32 Å². The summed E-state index contributed by atoms with van der Waals surface area (Å²) in [6.45, 7) is 1.77. The zero-order valence-corrected chi connectivity index (χ0v) is 13.0. The molecule has 4 rings (SSSR count). The summed E-state index contributed by atoms with van der Waals surface area (Å²) in [6.07, 6.45) is 7.47. The average molecular weight is 313 g/mol. The summed E-state index contributed by atoms with van der Waals surface area (Å²) in [4.78, 5) is 20.9. The molecule has 2 amide bonds. The number of rotatable bonds is 5. The fourth-order valence-corrected chi connectivity index (χ4v) is 2.87. The summed E-state index contributed by atoms with van der Waals surface area (Å²) in [6, 6.07) is 3.71. The van der Waals surface area contributed by atoms with Crippen LogP contribution in [0.25, 0.3) is 0 Å². The second-order valence-electron chi connectivity index (χ2n) is 6.43. The summed E-state index contributed by atoms with van der Waals surface area (Å²) in [5.41, 5.74) is 0.553. The van der Waals surface area contributed by atoms with Gasteiger partial charge in [-0.1, -0.05) is 11.2 Å². The quantitative estimate of drug-likeness (QED) is 0.883. The van der Waals surface area contributed by atoms with E-state index in [1.807, 2.05) is 18.3 Å². The molecule has 23 heavy (non-hydrogen) atoms. The molecule has 2 aromatic heterocycles. The van der Waals surface area contributed by atoms with Gasteiger partial charge in [-0.25, -0.2) is 4.79 Å². The van der Waals surface area contributed by atoms with Gasteiger partial charge in [0, 0.05) is 12.4 Å². The molecule has 1 atom stereocenters. The minimum atomic E-state index is -0.492. The lowest BCUT2D eigenvalue weighted by molar-refractivity contribution is 0.224. The van der Waals surface area contributed by atoms with Crippen molar-refractivity contribution in [1.29, 1.82) is 0 Å². The topological polar surface area (TPSA) is 92.9 Å². The molecular weight excluding hydrogens is 294 g/mol. The number of carbonyl (C=O) groups is 1. The summed E-state index contributed by atoms with van der Waals surface area (Å²) in [7, 11) is 0. The number of aromatic nitrogens is 3. The molecule has 1 unspecified atom stereocenters. The van der Waals surface area contributed by atoms with Crippen molar-refractivity contribution >= 4 is 6.03 Å². The highest BCUT2D eigenvalue weighted by Gasteiger charge is 2.51. The summed E-state index contributed by atoms with van der Waals surface area (Å²) in [5.74, 6) is 1.57. The van der Waals surface area contributed by atoms with Gasteiger partial charge in [-0.05, 0) is 50.2 Å². The number of amides is 2. The average Bonchev–Trinajstić information content (AvgIpc) is 3.47. The molecular formula is C16H19N5O2. The Kier molecular flexibility index (Phi) is 3.28. The first-order valence-corrected chi connectivity index (χ1v) is 7.96. The Morgan fingerprint density at radius 1 is 1.43 bits per heavy atom. The first-order valence-electron chi connectivity index (χ1n) is 7.96. The fourth-order valence-electron chi connectivity index (χ4n) is 2.87. The van der Waals surface area contributed by atoms with Gasteiger partial charge in [-0.15, -0.1) is 0 Å². The van der Waals surface area contributed by atoms with E-state index in [-0.39, 0.29) is 12.1 Å². The van der Waals surface area contributed by atoms with Crippen molar-refractivity contribution in [2.24, 2.45) is 5.92 Å². The lowest BCUT2D eigenvalue weighted by atomic mass is 10.0. The van der Waals surface area contributed by atoms with Gasteiger partial charge in [0.05, 0.1) is 6.04 Å². The van der Waals surface area contributed by atoms with Gasteiger partial charge >= 0.3 is 6.03 Å². The monoisotopic (exact) mass is 313 g/mol. The third kappa shape index (κ3) is 2.91. The van der Waals surface area contributed by atoms with E-state index in [1.54, 1.807) is 13.1 Å². The van der Waals surface area contributed by atoms with Crippen molar-refractivity contribution in [1.82, 2.24) is 25.8 Å². The van der Waals surface area contributed by atoms with Crippen LogP contribution in [0, 0.1) is 12.8 Å². The largest absolute Gasteiger partial charge is 0.337 e. The molecule has 2 fully saturated rings. The molecule has 2 saturated carbocycles. The maximum atomic E-state index is 12.5. The van der Waals surface area contributed by atoms with E-state index < -0.39 is 5.54 Å². The molecule has 0 spiro atoms. The summed E-state index contributed by atoms with van der Waals surface area (Å²) in [5, 5.41) is 9.91. The van der Waals surface area contributed by atoms with Gasteiger partial charge in [0.2, 0.25) is 0 Å². The number of hydrogen-bond acceptors (Lipinski definition) is 5. The first kappa shape index (κ1) is 14.2. The van der Waals surface area contributed by atoms with E-state index in [4.69, 9.17) is 4.52 Å². The molecule has 2 aromatic rings. The van der Waals surface area contributed by atoms with Crippen LogP contribution in [-0.2, 0) is 5.54 Å². The molecule has 0 radical (unpaired) electrons. The Morgan fingerprint density at radius 3 is 2.83 bits per heavy atom. The molecule has 2 heterocycles. The first-order chi connectivity index (χ1) is 11.2. The Labute approximate surface area is 133 Å². The molecule has 7 nitrogen and oxygen atoms in total. The Bertz CT molecular complexity index is 706.